The molecule has 0 aromatic heterocycles. The summed E-state index contributed by atoms with van der Waals surface area (Å²) in [5.74, 6) is -0.904. The topological polar surface area (TPSA) is 111 Å². The Balaban J connectivity index is 1.58. The van der Waals surface area contributed by atoms with Gasteiger partial charge in [0.25, 0.3) is 0 Å². The molecule has 1 saturated heterocycles. The summed E-state index contributed by atoms with van der Waals surface area (Å²) in [5, 5.41) is 17.5. The maximum Gasteiger partial charge on any atom is 0.323 e. The summed E-state index contributed by atoms with van der Waals surface area (Å²) >= 11 is 0. The minimum atomic E-state index is -0.920. The van der Waals surface area contributed by atoms with Crippen molar-refractivity contribution in [3.8, 4) is 0 Å². The van der Waals surface area contributed by atoms with Crippen molar-refractivity contribution in [2.75, 3.05) is 29.0 Å². The molecule has 4 amide bonds. The second kappa shape index (κ2) is 7.99. The summed E-state index contributed by atoms with van der Waals surface area (Å²) in [5.41, 5.74) is 0.769. The van der Waals surface area contributed by atoms with Gasteiger partial charge in [-0.1, -0.05) is 24.3 Å². The summed E-state index contributed by atoms with van der Waals surface area (Å²) in [7, 11) is 0. The Morgan fingerprint density at radius 3 is 2.18 bits per heavy atom. The Morgan fingerprint density at radius 1 is 0.929 bits per heavy atom. The van der Waals surface area contributed by atoms with E-state index in [0.717, 1.165) is 0 Å². The molecule has 0 radical (unpaired) electrons. The lowest BCUT2D eigenvalue weighted by Gasteiger charge is -2.20. The van der Waals surface area contributed by atoms with E-state index in [1.54, 1.807) is 43.3 Å². The van der Waals surface area contributed by atoms with Crippen LogP contribution < -0.4 is 16.0 Å². The van der Waals surface area contributed by atoms with Crippen LogP contribution in [0.3, 0.4) is 0 Å². The minimum Gasteiger partial charge on any atom is -0.481 e. The van der Waals surface area contributed by atoms with Crippen molar-refractivity contribution in [1.82, 2.24) is 4.90 Å². The van der Waals surface area contributed by atoms with Crippen molar-refractivity contribution in [3.05, 3.63) is 54.6 Å². The number of rotatable bonds is 4. The molecule has 1 heterocycles. The van der Waals surface area contributed by atoms with E-state index in [2.05, 4.69) is 16.0 Å². The normalized spacial score (nSPS) is 18.4. The highest BCUT2D eigenvalue weighted by atomic mass is 16.4. The van der Waals surface area contributed by atoms with Gasteiger partial charge in [0.15, 0.2) is 0 Å². The van der Waals surface area contributed by atoms with Crippen LogP contribution in [0.15, 0.2) is 54.6 Å². The van der Waals surface area contributed by atoms with Crippen LogP contribution in [0.4, 0.5) is 26.7 Å². The van der Waals surface area contributed by atoms with E-state index in [1.165, 1.54) is 4.90 Å². The van der Waals surface area contributed by atoms with Gasteiger partial charge in [-0.3, -0.25) is 4.79 Å². The molecule has 8 heteroatoms. The third kappa shape index (κ3) is 4.59. The molecule has 1 aliphatic heterocycles. The molecule has 4 N–H and O–H groups in total. The first-order valence-corrected chi connectivity index (χ1v) is 8.88. The van der Waals surface area contributed by atoms with E-state index in [0.29, 0.717) is 30.0 Å². The minimum absolute atomic E-state index is 0.158. The fourth-order valence-corrected chi connectivity index (χ4v) is 3.00. The van der Waals surface area contributed by atoms with Crippen molar-refractivity contribution in [2.45, 2.75) is 13.3 Å². The number of carboxylic acids is 1. The molecular formula is C20H22N4O4. The third-order valence-corrected chi connectivity index (χ3v) is 4.68. The maximum atomic E-state index is 12.4. The molecule has 1 atom stereocenters. The zero-order valence-corrected chi connectivity index (χ0v) is 15.4. The van der Waals surface area contributed by atoms with Gasteiger partial charge in [0.2, 0.25) is 0 Å². The highest BCUT2D eigenvalue weighted by Crippen LogP contribution is 2.30. The number of amides is 4. The molecule has 1 unspecified atom stereocenters. The number of hydrogen-bond acceptors (Lipinski definition) is 3. The van der Waals surface area contributed by atoms with Gasteiger partial charge in [0.1, 0.15) is 0 Å². The van der Waals surface area contributed by atoms with E-state index < -0.39 is 17.4 Å². The molecule has 8 nitrogen and oxygen atoms in total. The number of para-hydroxylation sites is 1. The first-order chi connectivity index (χ1) is 13.4. The van der Waals surface area contributed by atoms with Crippen LogP contribution in [-0.2, 0) is 4.79 Å². The number of nitrogens with one attached hydrogen (secondary N) is 3. The van der Waals surface area contributed by atoms with Gasteiger partial charge < -0.3 is 26.0 Å². The fourth-order valence-electron chi connectivity index (χ4n) is 3.00. The number of carbonyl (C=O) groups is 3. The van der Waals surface area contributed by atoms with Gasteiger partial charge in [-0.2, -0.15) is 0 Å². The highest BCUT2D eigenvalue weighted by Gasteiger charge is 2.42. The molecule has 2 aromatic rings. The molecule has 2 aromatic carbocycles. The second-order valence-electron chi connectivity index (χ2n) is 6.99. The summed E-state index contributed by atoms with van der Waals surface area (Å²) in [6.45, 7) is 2.18. The zero-order chi connectivity index (χ0) is 20.1. The Kier molecular flexibility index (Phi) is 5.49. The lowest BCUT2D eigenvalue weighted by molar-refractivity contribution is -0.146. The largest absolute Gasteiger partial charge is 0.481 e. The van der Waals surface area contributed by atoms with Crippen LogP contribution in [0.25, 0.3) is 0 Å². The second-order valence-corrected chi connectivity index (χ2v) is 6.99. The quantitative estimate of drug-likeness (QED) is 0.647. The number of hydrogen-bond donors (Lipinski definition) is 4. The summed E-state index contributed by atoms with van der Waals surface area (Å²) in [6, 6.07) is 15.0. The van der Waals surface area contributed by atoms with Gasteiger partial charge in [0.05, 0.1) is 5.41 Å². The lowest BCUT2D eigenvalue weighted by atomic mass is 9.90. The lowest BCUT2D eigenvalue weighted by Crippen LogP contribution is -2.37. The predicted octanol–water partition coefficient (Wildman–Crippen LogP) is 3.66. The average Bonchev–Trinajstić information content (AvgIpc) is 3.07. The van der Waals surface area contributed by atoms with E-state index in [4.69, 9.17) is 0 Å². The summed E-state index contributed by atoms with van der Waals surface area (Å²) in [4.78, 5) is 37.3. The third-order valence-electron chi connectivity index (χ3n) is 4.68. The maximum absolute atomic E-state index is 12.4. The van der Waals surface area contributed by atoms with Crippen LogP contribution in [0.5, 0.6) is 0 Å². The van der Waals surface area contributed by atoms with Crippen LogP contribution in [0.1, 0.15) is 13.3 Å². The SMILES string of the molecule is CC1(C(=O)O)CCN(C(=O)Nc2cccc(NC(=O)Nc3ccccc3)c2)C1. The van der Waals surface area contributed by atoms with Crippen LogP contribution in [0.2, 0.25) is 0 Å². The number of likely N-dealkylation sites (tertiary alicyclic amines) is 1. The number of nitrogens with zero attached hydrogens (tertiary/aromatic N) is 1. The standard InChI is InChI=1S/C20H22N4O4/c1-20(17(25)26)10-11-24(13-20)19(28)23-16-9-5-8-15(12-16)22-18(27)21-14-6-3-2-4-7-14/h2-9,12H,10-11,13H2,1H3,(H,23,28)(H,25,26)(H2,21,22,27). The van der Waals surface area contributed by atoms with Crippen LogP contribution >= 0.6 is 0 Å². The first kappa shape index (κ1) is 19.2. The smallest absolute Gasteiger partial charge is 0.323 e. The van der Waals surface area contributed by atoms with Gasteiger partial charge in [-0.05, 0) is 43.7 Å². The number of aliphatic carboxylic acids is 1. The Bertz CT molecular complexity index is 887. The van der Waals surface area contributed by atoms with Crippen molar-refractivity contribution in [3.63, 3.8) is 0 Å². The van der Waals surface area contributed by atoms with Crippen molar-refractivity contribution < 1.29 is 19.5 Å². The molecule has 0 saturated carbocycles. The molecular weight excluding hydrogens is 360 g/mol. The van der Waals surface area contributed by atoms with Crippen LogP contribution in [-0.4, -0.2) is 41.1 Å². The molecule has 1 fully saturated rings. The Morgan fingerprint density at radius 2 is 1.54 bits per heavy atom. The van der Waals surface area contributed by atoms with Gasteiger partial charge in [-0.15, -0.1) is 0 Å². The monoisotopic (exact) mass is 382 g/mol. The molecule has 146 valence electrons. The fraction of sp³-hybridized carbons (Fsp3) is 0.250. The molecule has 0 aliphatic carbocycles. The Hall–Kier alpha value is -3.55. The number of benzene rings is 2. The molecule has 1 aliphatic rings. The van der Waals surface area contributed by atoms with Gasteiger partial charge in [0, 0.05) is 30.2 Å². The highest BCUT2D eigenvalue weighted by molar-refractivity contribution is 6.00. The number of carbonyl (C=O) groups excluding carboxylic acids is 2. The van der Waals surface area contributed by atoms with Crippen molar-refractivity contribution >= 4 is 35.1 Å². The van der Waals surface area contributed by atoms with E-state index in [1.807, 2.05) is 18.2 Å². The summed E-state index contributed by atoms with van der Waals surface area (Å²) in [6.07, 6.45) is 0.414. The zero-order valence-electron chi connectivity index (χ0n) is 15.4. The van der Waals surface area contributed by atoms with E-state index in [9.17, 15) is 19.5 Å². The molecule has 3 rings (SSSR count). The number of carboxylic acid groups (broad SMARTS) is 1. The van der Waals surface area contributed by atoms with E-state index >= 15 is 0 Å². The van der Waals surface area contributed by atoms with Crippen molar-refractivity contribution in [2.24, 2.45) is 5.41 Å². The predicted molar refractivity (Wildman–Crippen MR) is 106 cm³/mol. The molecule has 0 bridgehead atoms. The van der Waals surface area contributed by atoms with E-state index in [-0.39, 0.29) is 12.6 Å². The van der Waals surface area contributed by atoms with Gasteiger partial charge >= 0.3 is 18.0 Å². The van der Waals surface area contributed by atoms with Gasteiger partial charge in [-0.25, -0.2) is 9.59 Å². The summed E-state index contributed by atoms with van der Waals surface area (Å²) < 4.78 is 0. The number of anilines is 3. The first-order valence-electron chi connectivity index (χ1n) is 8.88. The average molecular weight is 382 g/mol. The van der Waals surface area contributed by atoms with Crippen molar-refractivity contribution in [1.29, 1.82) is 0 Å². The number of urea groups is 2. The molecule has 28 heavy (non-hydrogen) atoms. The molecule has 0 spiro atoms. The van der Waals surface area contributed by atoms with Crippen LogP contribution in [0, 0.1) is 5.41 Å². The Labute approximate surface area is 162 Å².